The maximum atomic E-state index is 12.1. The van der Waals surface area contributed by atoms with Crippen LogP contribution in [0.25, 0.3) is 0 Å². The smallest absolute Gasteiger partial charge is 0.225 e. The Hall–Kier alpha value is -1.39. The summed E-state index contributed by atoms with van der Waals surface area (Å²) in [5, 5.41) is 3.12. The molecule has 1 aromatic carbocycles. The first-order valence-electron chi connectivity index (χ1n) is 8.11. The van der Waals surface area contributed by atoms with Crippen molar-refractivity contribution < 1.29 is 9.53 Å². The second kappa shape index (κ2) is 7.75. The van der Waals surface area contributed by atoms with E-state index in [0.29, 0.717) is 12.6 Å². The Kier molecular flexibility index (Phi) is 5.98. The highest BCUT2D eigenvalue weighted by Gasteiger charge is 2.25. The van der Waals surface area contributed by atoms with Crippen molar-refractivity contribution in [2.45, 2.75) is 33.2 Å². The minimum Gasteiger partial charge on any atom is -0.379 e. The van der Waals surface area contributed by atoms with Gasteiger partial charge in [-0.1, -0.05) is 51.1 Å². The van der Waals surface area contributed by atoms with E-state index in [1.807, 2.05) is 26.8 Å². The Balaban J connectivity index is 1.99. The van der Waals surface area contributed by atoms with Crippen LogP contribution in [0.15, 0.2) is 30.3 Å². The topological polar surface area (TPSA) is 41.6 Å². The van der Waals surface area contributed by atoms with Gasteiger partial charge in [0.2, 0.25) is 5.91 Å². The van der Waals surface area contributed by atoms with Gasteiger partial charge >= 0.3 is 0 Å². The number of carbonyl (C=O) groups is 1. The number of hydrogen-bond donors (Lipinski definition) is 1. The van der Waals surface area contributed by atoms with E-state index in [0.717, 1.165) is 32.7 Å². The summed E-state index contributed by atoms with van der Waals surface area (Å²) in [6.45, 7) is 9.95. The van der Waals surface area contributed by atoms with E-state index in [4.69, 9.17) is 4.74 Å². The molecule has 0 aliphatic carbocycles. The highest BCUT2D eigenvalue weighted by molar-refractivity contribution is 5.81. The van der Waals surface area contributed by atoms with Gasteiger partial charge in [-0.05, 0) is 12.0 Å². The van der Waals surface area contributed by atoms with Gasteiger partial charge in [-0.25, -0.2) is 0 Å². The first kappa shape index (κ1) is 17.0. The molecule has 1 heterocycles. The number of carbonyl (C=O) groups excluding carboxylic acids is 1. The van der Waals surface area contributed by atoms with E-state index >= 15 is 0 Å². The van der Waals surface area contributed by atoms with Gasteiger partial charge in [-0.3, -0.25) is 9.69 Å². The molecule has 1 saturated heterocycles. The van der Waals surface area contributed by atoms with Crippen LogP contribution in [0.4, 0.5) is 0 Å². The Morgan fingerprint density at radius 3 is 2.45 bits per heavy atom. The van der Waals surface area contributed by atoms with Crippen LogP contribution in [0.2, 0.25) is 0 Å². The van der Waals surface area contributed by atoms with E-state index in [1.165, 1.54) is 5.56 Å². The van der Waals surface area contributed by atoms with Crippen molar-refractivity contribution in [3.05, 3.63) is 35.9 Å². The molecule has 0 saturated carbocycles. The first-order chi connectivity index (χ1) is 10.5. The van der Waals surface area contributed by atoms with Crippen LogP contribution in [-0.2, 0) is 16.0 Å². The molecule has 1 atom stereocenters. The average molecular weight is 304 g/mol. The molecule has 4 heteroatoms. The fourth-order valence-corrected chi connectivity index (χ4v) is 2.63. The molecular formula is C18H28N2O2. The molecule has 22 heavy (non-hydrogen) atoms. The van der Waals surface area contributed by atoms with Crippen molar-refractivity contribution in [3.63, 3.8) is 0 Å². The zero-order valence-electron chi connectivity index (χ0n) is 14.0. The summed E-state index contributed by atoms with van der Waals surface area (Å²) in [4.78, 5) is 14.6. The first-order valence-corrected chi connectivity index (χ1v) is 8.11. The molecule has 1 aliphatic rings. The van der Waals surface area contributed by atoms with E-state index in [2.05, 4.69) is 34.5 Å². The highest BCUT2D eigenvalue weighted by Crippen LogP contribution is 2.14. The van der Waals surface area contributed by atoms with Crippen molar-refractivity contribution in [1.29, 1.82) is 0 Å². The van der Waals surface area contributed by atoms with Crippen molar-refractivity contribution in [2.24, 2.45) is 5.41 Å². The summed E-state index contributed by atoms with van der Waals surface area (Å²) < 4.78 is 5.45. The van der Waals surface area contributed by atoms with E-state index < -0.39 is 0 Å². The molecule has 0 radical (unpaired) electrons. The van der Waals surface area contributed by atoms with Crippen LogP contribution in [-0.4, -0.2) is 49.7 Å². The molecule has 4 nitrogen and oxygen atoms in total. The number of hydrogen-bond acceptors (Lipinski definition) is 3. The Morgan fingerprint density at radius 2 is 1.86 bits per heavy atom. The average Bonchev–Trinajstić information content (AvgIpc) is 2.52. The number of nitrogens with zero attached hydrogens (tertiary/aromatic N) is 1. The van der Waals surface area contributed by atoms with Gasteiger partial charge in [0, 0.05) is 31.1 Å². The SMILES string of the molecule is CC(C)(C)C(=O)NCC(Cc1ccccc1)N1CCOCC1. The molecule has 0 bridgehead atoms. The molecule has 1 amide bonds. The van der Waals surface area contributed by atoms with Crippen LogP contribution in [0.5, 0.6) is 0 Å². The Bertz CT molecular complexity index is 462. The van der Waals surface area contributed by atoms with Gasteiger partial charge in [0.25, 0.3) is 0 Å². The largest absolute Gasteiger partial charge is 0.379 e. The minimum atomic E-state index is -0.345. The lowest BCUT2D eigenvalue weighted by atomic mass is 9.95. The fourth-order valence-electron chi connectivity index (χ4n) is 2.63. The summed E-state index contributed by atoms with van der Waals surface area (Å²) in [5.74, 6) is 0.110. The van der Waals surface area contributed by atoms with Crippen LogP contribution in [0, 0.1) is 5.41 Å². The van der Waals surface area contributed by atoms with Gasteiger partial charge in [0.15, 0.2) is 0 Å². The zero-order chi connectivity index (χ0) is 16.0. The number of rotatable bonds is 5. The number of nitrogens with one attached hydrogen (secondary N) is 1. The molecule has 1 fully saturated rings. The Morgan fingerprint density at radius 1 is 1.23 bits per heavy atom. The van der Waals surface area contributed by atoms with Gasteiger partial charge in [0.05, 0.1) is 13.2 Å². The molecule has 1 unspecified atom stereocenters. The summed E-state index contributed by atoms with van der Waals surface area (Å²) in [5.41, 5.74) is 0.964. The fraction of sp³-hybridized carbons (Fsp3) is 0.611. The predicted octanol–water partition coefficient (Wildman–Crippen LogP) is 2.09. The molecule has 1 N–H and O–H groups in total. The number of morpholine rings is 1. The molecule has 0 spiro atoms. The van der Waals surface area contributed by atoms with Gasteiger partial charge in [-0.2, -0.15) is 0 Å². The number of benzene rings is 1. The third-order valence-corrected chi connectivity index (χ3v) is 4.06. The standard InChI is InChI=1S/C18H28N2O2/c1-18(2,3)17(21)19-14-16(20-9-11-22-12-10-20)13-15-7-5-4-6-8-15/h4-8,16H,9-14H2,1-3H3,(H,19,21). The van der Waals surface area contributed by atoms with Crippen molar-refractivity contribution in [2.75, 3.05) is 32.8 Å². The maximum absolute atomic E-state index is 12.1. The molecule has 1 aromatic rings. The van der Waals surface area contributed by atoms with E-state index in [1.54, 1.807) is 0 Å². The zero-order valence-corrected chi connectivity index (χ0v) is 14.0. The molecule has 2 rings (SSSR count). The lowest BCUT2D eigenvalue weighted by Gasteiger charge is -2.35. The van der Waals surface area contributed by atoms with Crippen molar-refractivity contribution in [1.82, 2.24) is 10.2 Å². The van der Waals surface area contributed by atoms with Crippen LogP contribution in [0.3, 0.4) is 0 Å². The summed E-state index contributed by atoms with van der Waals surface area (Å²) >= 11 is 0. The lowest BCUT2D eigenvalue weighted by molar-refractivity contribution is -0.128. The van der Waals surface area contributed by atoms with E-state index in [-0.39, 0.29) is 11.3 Å². The molecule has 122 valence electrons. The monoisotopic (exact) mass is 304 g/mol. The van der Waals surface area contributed by atoms with E-state index in [9.17, 15) is 4.79 Å². The normalized spacial score (nSPS) is 18.0. The number of ether oxygens (including phenoxy) is 1. The lowest BCUT2D eigenvalue weighted by Crippen LogP contribution is -2.51. The van der Waals surface area contributed by atoms with Gasteiger partial charge in [-0.15, -0.1) is 0 Å². The summed E-state index contributed by atoms with van der Waals surface area (Å²) in [7, 11) is 0. The molecule has 1 aliphatic heterocycles. The summed E-state index contributed by atoms with van der Waals surface area (Å²) in [6.07, 6.45) is 0.950. The summed E-state index contributed by atoms with van der Waals surface area (Å²) in [6, 6.07) is 10.8. The number of amides is 1. The molecular weight excluding hydrogens is 276 g/mol. The highest BCUT2D eigenvalue weighted by atomic mass is 16.5. The minimum absolute atomic E-state index is 0.110. The second-order valence-corrected chi connectivity index (χ2v) is 6.95. The van der Waals surface area contributed by atoms with Gasteiger partial charge < -0.3 is 10.1 Å². The van der Waals surface area contributed by atoms with Crippen molar-refractivity contribution >= 4 is 5.91 Å². The van der Waals surface area contributed by atoms with Gasteiger partial charge in [0.1, 0.15) is 0 Å². The second-order valence-electron chi connectivity index (χ2n) is 6.95. The predicted molar refractivity (Wildman–Crippen MR) is 88.8 cm³/mol. The van der Waals surface area contributed by atoms with Crippen LogP contribution in [0.1, 0.15) is 26.3 Å². The third-order valence-electron chi connectivity index (χ3n) is 4.06. The van der Waals surface area contributed by atoms with Crippen molar-refractivity contribution in [3.8, 4) is 0 Å². The quantitative estimate of drug-likeness (QED) is 0.906. The van der Waals surface area contributed by atoms with Crippen LogP contribution < -0.4 is 5.32 Å². The Labute approximate surface area is 133 Å². The van der Waals surface area contributed by atoms with Crippen LogP contribution >= 0.6 is 0 Å². The molecule has 0 aromatic heterocycles. The third kappa shape index (κ3) is 5.11. The maximum Gasteiger partial charge on any atom is 0.225 e.